The monoisotopic (exact) mass is 192 g/mol. The van der Waals surface area contributed by atoms with Crippen LogP contribution in [-0.4, -0.2) is 36.3 Å². The largest absolute Gasteiger partial charge is 0.396 e. The second-order valence-corrected chi connectivity index (χ2v) is 4.17. The number of hydrogen-bond acceptors (Lipinski definition) is 5. The van der Waals surface area contributed by atoms with Crippen LogP contribution in [0.2, 0.25) is 0 Å². The molecule has 1 spiro atoms. The second kappa shape index (κ2) is 2.57. The first-order valence-corrected chi connectivity index (χ1v) is 4.68. The van der Waals surface area contributed by atoms with E-state index >= 15 is 0 Å². The van der Waals surface area contributed by atoms with Gasteiger partial charge >= 0.3 is 0 Å². The predicted octanol–water partition coefficient (Wildman–Crippen LogP) is -0.105. The molecule has 0 aromatic carbocycles. The summed E-state index contributed by atoms with van der Waals surface area (Å²) in [5.41, 5.74) is 6.53. The molecule has 0 saturated carbocycles. The summed E-state index contributed by atoms with van der Waals surface area (Å²) in [7, 11) is 0. The van der Waals surface area contributed by atoms with Crippen LogP contribution in [0.1, 0.15) is 0 Å². The predicted molar refractivity (Wildman–Crippen MR) is 51.9 cm³/mol. The van der Waals surface area contributed by atoms with Gasteiger partial charge in [0.25, 0.3) is 0 Å². The molecule has 2 saturated heterocycles. The zero-order valence-electron chi connectivity index (χ0n) is 7.81. The SMILES string of the molecule is Nc1cnc(N2CC3(COC3)C2)nc1. The summed E-state index contributed by atoms with van der Waals surface area (Å²) in [5.74, 6) is 0.775. The molecule has 3 heterocycles. The number of nitrogens with two attached hydrogens (primary N) is 1. The normalized spacial score (nSPS) is 23.0. The summed E-state index contributed by atoms with van der Waals surface area (Å²) < 4.78 is 5.20. The summed E-state index contributed by atoms with van der Waals surface area (Å²) in [5, 5.41) is 0. The molecule has 5 nitrogen and oxygen atoms in total. The number of hydrogen-bond donors (Lipinski definition) is 1. The maximum atomic E-state index is 5.51. The van der Waals surface area contributed by atoms with E-state index in [9.17, 15) is 0 Å². The van der Waals surface area contributed by atoms with Gasteiger partial charge in [-0.1, -0.05) is 0 Å². The molecular formula is C9H12N4O. The van der Waals surface area contributed by atoms with Gasteiger partial charge in [0.15, 0.2) is 0 Å². The fourth-order valence-corrected chi connectivity index (χ4v) is 1.97. The Balaban J connectivity index is 1.70. The smallest absolute Gasteiger partial charge is 0.225 e. The van der Waals surface area contributed by atoms with Crippen molar-refractivity contribution in [3.63, 3.8) is 0 Å². The van der Waals surface area contributed by atoms with E-state index in [0.29, 0.717) is 11.1 Å². The van der Waals surface area contributed by atoms with Crippen molar-refractivity contribution in [2.75, 3.05) is 36.9 Å². The number of nitrogens with zero attached hydrogens (tertiary/aromatic N) is 3. The Morgan fingerprint density at radius 1 is 1.29 bits per heavy atom. The van der Waals surface area contributed by atoms with Gasteiger partial charge in [0, 0.05) is 13.1 Å². The minimum Gasteiger partial charge on any atom is -0.396 e. The van der Waals surface area contributed by atoms with Gasteiger partial charge in [-0.05, 0) is 0 Å². The maximum absolute atomic E-state index is 5.51. The van der Waals surface area contributed by atoms with Gasteiger partial charge in [0.05, 0.1) is 36.7 Å². The number of aromatic nitrogens is 2. The summed E-state index contributed by atoms with van der Waals surface area (Å²) >= 11 is 0. The fourth-order valence-electron chi connectivity index (χ4n) is 1.97. The van der Waals surface area contributed by atoms with Crippen molar-refractivity contribution < 1.29 is 4.74 Å². The van der Waals surface area contributed by atoms with Gasteiger partial charge < -0.3 is 15.4 Å². The Morgan fingerprint density at radius 2 is 1.93 bits per heavy atom. The van der Waals surface area contributed by atoms with E-state index in [1.807, 2.05) is 0 Å². The summed E-state index contributed by atoms with van der Waals surface area (Å²) in [6, 6.07) is 0. The third kappa shape index (κ3) is 1.05. The minimum absolute atomic E-state index is 0.407. The van der Waals surface area contributed by atoms with Crippen molar-refractivity contribution in [3.05, 3.63) is 12.4 Å². The zero-order chi connectivity index (χ0) is 9.60. The summed E-state index contributed by atoms with van der Waals surface area (Å²) in [6.07, 6.45) is 3.29. The summed E-state index contributed by atoms with van der Waals surface area (Å²) in [6.45, 7) is 3.80. The van der Waals surface area contributed by atoms with Crippen molar-refractivity contribution >= 4 is 11.6 Å². The standard InChI is InChI=1S/C9H12N4O/c10-7-1-11-8(12-2-7)13-3-9(4-13)5-14-6-9/h1-2H,3-6,10H2. The molecule has 1 aromatic rings. The van der Waals surface area contributed by atoms with Crippen molar-refractivity contribution in [1.29, 1.82) is 0 Å². The van der Waals surface area contributed by atoms with Crippen LogP contribution in [0.3, 0.4) is 0 Å². The maximum Gasteiger partial charge on any atom is 0.225 e. The number of anilines is 2. The molecular weight excluding hydrogens is 180 g/mol. The number of rotatable bonds is 1. The quantitative estimate of drug-likeness (QED) is 0.673. The van der Waals surface area contributed by atoms with Crippen molar-refractivity contribution in [2.45, 2.75) is 0 Å². The van der Waals surface area contributed by atoms with Gasteiger partial charge in [0.2, 0.25) is 5.95 Å². The molecule has 0 atom stereocenters. The lowest BCUT2D eigenvalue weighted by atomic mass is 9.78. The van der Waals surface area contributed by atoms with Crippen LogP contribution in [0.15, 0.2) is 12.4 Å². The lowest BCUT2D eigenvalue weighted by molar-refractivity contribution is -0.127. The Kier molecular flexibility index (Phi) is 1.47. The molecule has 0 unspecified atom stereocenters. The average Bonchev–Trinajstić information content (AvgIpc) is 2.03. The molecule has 2 aliphatic heterocycles. The molecule has 14 heavy (non-hydrogen) atoms. The van der Waals surface area contributed by atoms with Crippen LogP contribution >= 0.6 is 0 Å². The van der Waals surface area contributed by atoms with Crippen LogP contribution in [-0.2, 0) is 4.74 Å². The first-order chi connectivity index (χ1) is 6.77. The van der Waals surface area contributed by atoms with E-state index in [4.69, 9.17) is 10.5 Å². The Bertz CT molecular complexity index is 338. The lowest BCUT2D eigenvalue weighted by Crippen LogP contribution is -2.66. The third-order valence-electron chi connectivity index (χ3n) is 2.81. The van der Waals surface area contributed by atoms with E-state index in [1.54, 1.807) is 12.4 Å². The highest BCUT2D eigenvalue weighted by molar-refractivity contribution is 5.41. The molecule has 0 bridgehead atoms. The lowest BCUT2D eigenvalue weighted by Gasteiger charge is -2.54. The molecule has 1 aromatic heterocycles. The molecule has 3 rings (SSSR count). The highest BCUT2D eigenvalue weighted by atomic mass is 16.5. The first-order valence-electron chi connectivity index (χ1n) is 4.68. The van der Waals surface area contributed by atoms with Crippen LogP contribution in [0.25, 0.3) is 0 Å². The highest BCUT2D eigenvalue weighted by Gasteiger charge is 2.49. The molecule has 5 heteroatoms. The fraction of sp³-hybridized carbons (Fsp3) is 0.556. The van der Waals surface area contributed by atoms with E-state index < -0.39 is 0 Å². The first kappa shape index (κ1) is 7.99. The zero-order valence-corrected chi connectivity index (χ0v) is 7.81. The number of nitrogen functional groups attached to an aromatic ring is 1. The molecule has 0 radical (unpaired) electrons. The molecule has 0 aliphatic carbocycles. The molecule has 2 aliphatic rings. The van der Waals surface area contributed by atoms with E-state index in [2.05, 4.69) is 14.9 Å². The van der Waals surface area contributed by atoms with Gasteiger partial charge in [-0.2, -0.15) is 0 Å². The van der Waals surface area contributed by atoms with E-state index in [1.165, 1.54) is 0 Å². The van der Waals surface area contributed by atoms with Gasteiger partial charge in [-0.25, -0.2) is 9.97 Å². The molecule has 74 valence electrons. The van der Waals surface area contributed by atoms with Crippen molar-refractivity contribution in [3.8, 4) is 0 Å². The third-order valence-corrected chi connectivity index (χ3v) is 2.81. The summed E-state index contributed by atoms with van der Waals surface area (Å²) in [4.78, 5) is 10.5. The van der Waals surface area contributed by atoms with Crippen LogP contribution in [0.5, 0.6) is 0 Å². The van der Waals surface area contributed by atoms with Gasteiger partial charge in [-0.3, -0.25) is 0 Å². The molecule has 2 N–H and O–H groups in total. The van der Waals surface area contributed by atoms with Crippen molar-refractivity contribution in [2.24, 2.45) is 5.41 Å². The average molecular weight is 192 g/mol. The molecule has 2 fully saturated rings. The van der Waals surface area contributed by atoms with Gasteiger partial charge in [0.1, 0.15) is 0 Å². The van der Waals surface area contributed by atoms with E-state index in [-0.39, 0.29) is 0 Å². The van der Waals surface area contributed by atoms with E-state index in [0.717, 1.165) is 32.3 Å². The topological polar surface area (TPSA) is 64.3 Å². The molecule has 0 amide bonds. The second-order valence-electron chi connectivity index (χ2n) is 4.17. The Morgan fingerprint density at radius 3 is 2.43 bits per heavy atom. The number of ether oxygens (including phenoxy) is 1. The highest BCUT2D eigenvalue weighted by Crippen LogP contribution is 2.38. The van der Waals surface area contributed by atoms with Gasteiger partial charge in [-0.15, -0.1) is 0 Å². The van der Waals surface area contributed by atoms with Crippen LogP contribution in [0, 0.1) is 5.41 Å². The Labute approximate surface area is 81.9 Å². The van der Waals surface area contributed by atoms with Crippen LogP contribution in [0.4, 0.5) is 11.6 Å². The Hall–Kier alpha value is -1.36. The van der Waals surface area contributed by atoms with Crippen molar-refractivity contribution in [1.82, 2.24) is 9.97 Å². The minimum atomic E-state index is 0.407. The van der Waals surface area contributed by atoms with Crippen LogP contribution < -0.4 is 10.6 Å².